The van der Waals surface area contributed by atoms with Gasteiger partial charge in [0.15, 0.2) is 12.4 Å². The molecule has 5 heteroatoms. The van der Waals surface area contributed by atoms with Crippen molar-refractivity contribution in [3.05, 3.63) is 52.0 Å². The average molecular weight is 342 g/mol. The second-order valence-corrected chi connectivity index (χ2v) is 5.08. The Hall–Kier alpha value is -1.52. The highest BCUT2D eigenvalue weighted by atomic mass is 79.9. The van der Waals surface area contributed by atoms with Crippen LogP contribution in [0.5, 0.6) is 5.75 Å². The van der Waals surface area contributed by atoms with Gasteiger partial charge in [-0.2, -0.15) is 0 Å². The Morgan fingerprint density at radius 1 is 1.21 bits per heavy atom. The zero-order chi connectivity index (χ0) is 13.8. The molecule has 0 atom stereocenters. The smallest absolute Gasteiger partial charge is 0.341 e. The van der Waals surface area contributed by atoms with Crippen LogP contribution in [-0.4, -0.2) is 17.7 Å². The van der Waals surface area contributed by atoms with Crippen LogP contribution in [0.1, 0.15) is 0 Å². The Kier molecular flexibility index (Phi) is 4.45. The van der Waals surface area contributed by atoms with Crippen LogP contribution in [0, 0.1) is 0 Å². The fourth-order valence-corrected chi connectivity index (χ4v) is 2.59. The second kappa shape index (κ2) is 6.08. The van der Waals surface area contributed by atoms with Crippen molar-refractivity contribution >= 4 is 33.5 Å². The van der Waals surface area contributed by atoms with Gasteiger partial charge in [0, 0.05) is 0 Å². The van der Waals surface area contributed by atoms with Gasteiger partial charge in [0.05, 0.1) is 9.50 Å². The summed E-state index contributed by atoms with van der Waals surface area (Å²) in [6, 6.07) is 13.3. The summed E-state index contributed by atoms with van der Waals surface area (Å²) in [6.45, 7) is -0.428. The quantitative estimate of drug-likeness (QED) is 0.905. The fraction of sp³-hybridized carbons (Fsp3) is 0.0714. The van der Waals surface area contributed by atoms with Crippen LogP contribution in [0.4, 0.5) is 0 Å². The van der Waals surface area contributed by atoms with E-state index < -0.39 is 12.6 Å². The van der Waals surface area contributed by atoms with Crippen molar-refractivity contribution < 1.29 is 14.6 Å². The lowest BCUT2D eigenvalue weighted by molar-refractivity contribution is -0.139. The van der Waals surface area contributed by atoms with Crippen molar-refractivity contribution in [3.8, 4) is 16.9 Å². The molecule has 0 radical (unpaired) electrons. The molecule has 98 valence electrons. The van der Waals surface area contributed by atoms with Gasteiger partial charge < -0.3 is 9.84 Å². The number of carbonyl (C=O) groups is 1. The maximum absolute atomic E-state index is 10.5. The van der Waals surface area contributed by atoms with E-state index in [9.17, 15) is 4.79 Å². The second-order valence-electron chi connectivity index (χ2n) is 3.82. The van der Waals surface area contributed by atoms with E-state index in [1.165, 1.54) is 0 Å². The number of ether oxygens (including phenoxy) is 1. The number of carboxylic acids is 1. The van der Waals surface area contributed by atoms with Crippen molar-refractivity contribution in [3.63, 3.8) is 0 Å². The highest BCUT2D eigenvalue weighted by Crippen LogP contribution is 2.37. The van der Waals surface area contributed by atoms with Gasteiger partial charge in [-0.3, -0.25) is 0 Å². The van der Waals surface area contributed by atoms with Crippen LogP contribution < -0.4 is 4.74 Å². The Morgan fingerprint density at radius 2 is 1.89 bits per heavy atom. The molecule has 0 bridgehead atoms. The first-order chi connectivity index (χ1) is 9.08. The standard InChI is InChI=1S/C14H10BrClO3/c15-11-6-10(9-4-2-1-3-5-9)7-12(16)14(11)19-8-13(17)18/h1-7H,8H2,(H,17,18). The number of hydrogen-bond donors (Lipinski definition) is 1. The molecule has 0 spiro atoms. The number of aliphatic carboxylic acids is 1. The monoisotopic (exact) mass is 340 g/mol. The maximum atomic E-state index is 10.5. The van der Waals surface area contributed by atoms with E-state index in [4.69, 9.17) is 21.4 Å². The lowest BCUT2D eigenvalue weighted by Gasteiger charge is -2.10. The Balaban J connectivity index is 2.34. The molecule has 0 aliphatic heterocycles. The molecule has 2 aromatic carbocycles. The highest BCUT2D eigenvalue weighted by molar-refractivity contribution is 9.10. The molecular formula is C14H10BrClO3. The summed E-state index contributed by atoms with van der Waals surface area (Å²) in [4.78, 5) is 10.5. The van der Waals surface area contributed by atoms with Crippen molar-refractivity contribution in [1.29, 1.82) is 0 Å². The molecule has 0 fully saturated rings. The normalized spacial score (nSPS) is 10.2. The zero-order valence-corrected chi connectivity index (χ0v) is 12.1. The summed E-state index contributed by atoms with van der Waals surface area (Å²) in [5.41, 5.74) is 1.95. The zero-order valence-electron chi connectivity index (χ0n) is 9.77. The van der Waals surface area contributed by atoms with Gasteiger partial charge in [0.2, 0.25) is 0 Å². The first kappa shape index (κ1) is 13.9. The third kappa shape index (κ3) is 3.49. The maximum Gasteiger partial charge on any atom is 0.341 e. The summed E-state index contributed by atoms with van der Waals surface area (Å²) in [5, 5.41) is 8.98. The predicted molar refractivity (Wildman–Crippen MR) is 77.7 cm³/mol. The predicted octanol–water partition coefficient (Wildman–Crippen LogP) is 4.23. The third-order valence-corrected chi connectivity index (χ3v) is 3.32. The Bertz CT molecular complexity index is 576. The Labute approximate surface area is 123 Å². The topological polar surface area (TPSA) is 46.5 Å². The molecule has 3 nitrogen and oxygen atoms in total. The lowest BCUT2D eigenvalue weighted by Crippen LogP contribution is -2.10. The molecule has 0 saturated heterocycles. The van der Waals surface area contributed by atoms with Gasteiger partial charge in [-0.05, 0) is 39.2 Å². The SMILES string of the molecule is O=C(O)COc1c(Cl)cc(-c2ccccc2)cc1Br. The van der Waals surface area contributed by atoms with Crippen molar-refractivity contribution in [2.45, 2.75) is 0 Å². The summed E-state index contributed by atoms with van der Waals surface area (Å²) in [7, 11) is 0. The Morgan fingerprint density at radius 3 is 2.47 bits per heavy atom. The first-order valence-electron chi connectivity index (χ1n) is 5.47. The summed E-state index contributed by atoms with van der Waals surface area (Å²) in [5.74, 6) is -0.709. The number of hydrogen-bond acceptors (Lipinski definition) is 2. The molecule has 19 heavy (non-hydrogen) atoms. The minimum absolute atomic E-state index is 0.337. The van der Waals surface area contributed by atoms with Crippen LogP contribution in [0.15, 0.2) is 46.9 Å². The fourth-order valence-electron chi connectivity index (χ4n) is 1.63. The van der Waals surface area contributed by atoms with Gasteiger partial charge in [-0.25, -0.2) is 4.79 Å². The summed E-state index contributed by atoms with van der Waals surface area (Å²) in [6.07, 6.45) is 0. The molecule has 2 aromatic rings. The highest BCUT2D eigenvalue weighted by Gasteiger charge is 2.11. The molecule has 0 saturated carbocycles. The van der Waals surface area contributed by atoms with Crippen LogP contribution in [-0.2, 0) is 4.79 Å². The van der Waals surface area contributed by atoms with E-state index in [1.54, 1.807) is 6.07 Å². The molecule has 0 aliphatic carbocycles. The van der Waals surface area contributed by atoms with Crippen molar-refractivity contribution in [2.24, 2.45) is 0 Å². The molecule has 0 heterocycles. The van der Waals surface area contributed by atoms with E-state index in [2.05, 4.69) is 15.9 Å². The van der Waals surface area contributed by atoms with E-state index >= 15 is 0 Å². The van der Waals surface area contributed by atoms with E-state index in [0.29, 0.717) is 15.2 Å². The molecule has 0 unspecified atom stereocenters. The molecule has 0 aliphatic rings. The lowest BCUT2D eigenvalue weighted by atomic mass is 10.1. The molecule has 2 rings (SSSR count). The van der Waals surface area contributed by atoms with Gasteiger partial charge in [-0.1, -0.05) is 41.9 Å². The van der Waals surface area contributed by atoms with Crippen LogP contribution >= 0.6 is 27.5 Å². The number of rotatable bonds is 4. The van der Waals surface area contributed by atoms with E-state index in [1.807, 2.05) is 36.4 Å². The van der Waals surface area contributed by atoms with Crippen LogP contribution in [0.3, 0.4) is 0 Å². The number of halogens is 2. The van der Waals surface area contributed by atoms with Gasteiger partial charge in [0.1, 0.15) is 0 Å². The molecular weight excluding hydrogens is 332 g/mol. The summed E-state index contributed by atoms with van der Waals surface area (Å²) >= 11 is 9.46. The molecule has 0 aromatic heterocycles. The van der Waals surface area contributed by atoms with Gasteiger partial charge in [-0.15, -0.1) is 0 Å². The van der Waals surface area contributed by atoms with Crippen LogP contribution in [0.25, 0.3) is 11.1 Å². The largest absolute Gasteiger partial charge is 0.479 e. The van der Waals surface area contributed by atoms with Crippen molar-refractivity contribution in [1.82, 2.24) is 0 Å². The van der Waals surface area contributed by atoms with Gasteiger partial charge >= 0.3 is 5.97 Å². The van der Waals surface area contributed by atoms with Gasteiger partial charge in [0.25, 0.3) is 0 Å². The van der Waals surface area contributed by atoms with Crippen molar-refractivity contribution in [2.75, 3.05) is 6.61 Å². The average Bonchev–Trinajstić information content (AvgIpc) is 2.38. The first-order valence-corrected chi connectivity index (χ1v) is 6.64. The third-order valence-electron chi connectivity index (χ3n) is 2.45. The molecule has 1 N–H and O–H groups in total. The van der Waals surface area contributed by atoms with Crippen LogP contribution in [0.2, 0.25) is 5.02 Å². The van der Waals surface area contributed by atoms with E-state index in [-0.39, 0.29) is 0 Å². The minimum Gasteiger partial charge on any atom is -0.479 e. The summed E-state index contributed by atoms with van der Waals surface area (Å²) < 4.78 is 5.77. The van der Waals surface area contributed by atoms with E-state index in [0.717, 1.165) is 11.1 Å². The number of carboxylic acid groups (broad SMARTS) is 1. The molecule has 0 amide bonds. The minimum atomic E-state index is -1.05. The number of benzene rings is 2.